The molecule has 2 aliphatic rings. The molecule has 4 heteroatoms. The third-order valence-electron chi connectivity index (χ3n) is 5.54. The molecule has 0 N–H and O–H groups in total. The first-order chi connectivity index (χ1) is 12.4. The van der Waals surface area contributed by atoms with E-state index in [0.29, 0.717) is 11.7 Å². The predicted molar refractivity (Wildman–Crippen MR) is 102 cm³/mol. The first kappa shape index (κ1) is 19.0. The van der Waals surface area contributed by atoms with Gasteiger partial charge in [-0.1, -0.05) is 25.0 Å². The summed E-state index contributed by atoms with van der Waals surface area (Å²) in [4.78, 5) is 12.1. The summed E-state index contributed by atoms with van der Waals surface area (Å²) >= 11 is 0. The average molecular weight is 358 g/mol. The van der Waals surface area contributed by atoms with Gasteiger partial charge in [-0.3, -0.25) is 0 Å². The number of carbonyl (C=O) groups excluding carboxylic acids is 1. The van der Waals surface area contributed by atoms with E-state index >= 15 is 0 Å². The number of fused-ring (bicyclic) bond motifs is 3. The molecular weight excluding hydrogens is 328 g/mol. The van der Waals surface area contributed by atoms with Gasteiger partial charge >= 0.3 is 5.97 Å². The summed E-state index contributed by atoms with van der Waals surface area (Å²) in [5, 5.41) is 0. The van der Waals surface area contributed by atoms with E-state index in [0.717, 1.165) is 42.6 Å². The number of allylic oxidation sites excluding steroid dienone is 2. The quantitative estimate of drug-likeness (QED) is 0.431. The molecule has 3 rings (SSSR count). The van der Waals surface area contributed by atoms with Gasteiger partial charge in [-0.15, -0.1) is 0 Å². The molecule has 0 fully saturated rings. The molecule has 0 amide bonds. The standard InChI is InChI=1S/C22H30O4/c1-6-7-15-11-18(25-20(23)13-24-5)21-16-10-14(2)8-9-17(16)22(3,4)26-19(21)12-15/h10-12,16-17H,6-9,13H2,1-5H3. The summed E-state index contributed by atoms with van der Waals surface area (Å²) in [5.74, 6) is 1.69. The summed E-state index contributed by atoms with van der Waals surface area (Å²) in [6, 6.07) is 4.13. The van der Waals surface area contributed by atoms with Crippen molar-refractivity contribution in [1.82, 2.24) is 0 Å². The first-order valence-corrected chi connectivity index (χ1v) is 9.58. The molecule has 2 unspecified atom stereocenters. The van der Waals surface area contributed by atoms with Gasteiger partial charge in [-0.2, -0.15) is 0 Å². The van der Waals surface area contributed by atoms with Crippen molar-refractivity contribution in [2.75, 3.05) is 13.7 Å². The van der Waals surface area contributed by atoms with Crippen LogP contribution in [0, 0.1) is 5.92 Å². The highest BCUT2D eigenvalue weighted by molar-refractivity contribution is 5.75. The molecule has 4 nitrogen and oxygen atoms in total. The molecule has 0 radical (unpaired) electrons. The van der Waals surface area contributed by atoms with E-state index in [-0.39, 0.29) is 24.1 Å². The lowest BCUT2D eigenvalue weighted by Crippen LogP contribution is -2.45. The van der Waals surface area contributed by atoms with Gasteiger partial charge in [0.15, 0.2) is 0 Å². The van der Waals surface area contributed by atoms with Crippen molar-refractivity contribution in [3.8, 4) is 11.5 Å². The zero-order chi connectivity index (χ0) is 18.9. The fraction of sp³-hybridized carbons (Fsp3) is 0.591. The predicted octanol–water partition coefficient (Wildman–Crippen LogP) is 4.80. The molecular formula is C22H30O4. The Morgan fingerprint density at radius 3 is 2.81 bits per heavy atom. The Kier molecular flexibility index (Phi) is 5.42. The summed E-state index contributed by atoms with van der Waals surface area (Å²) < 4.78 is 17.1. The maximum absolute atomic E-state index is 12.1. The Morgan fingerprint density at radius 1 is 1.35 bits per heavy atom. The Bertz CT molecular complexity index is 717. The van der Waals surface area contributed by atoms with E-state index in [4.69, 9.17) is 14.2 Å². The smallest absolute Gasteiger partial charge is 0.337 e. The van der Waals surface area contributed by atoms with Crippen molar-refractivity contribution in [3.05, 3.63) is 34.9 Å². The van der Waals surface area contributed by atoms with Crippen LogP contribution in [0.1, 0.15) is 64.0 Å². The topological polar surface area (TPSA) is 44.8 Å². The minimum absolute atomic E-state index is 0.0535. The number of carbonyl (C=O) groups is 1. The number of hydrogen-bond donors (Lipinski definition) is 0. The number of benzene rings is 1. The van der Waals surface area contributed by atoms with Crippen LogP contribution in [0.5, 0.6) is 11.5 Å². The second kappa shape index (κ2) is 7.43. The lowest BCUT2D eigenvalue weighted by molar-refractivity contribution is -0.138. The highest BCUT2D eigenvalue weighted by atomic mass is 16.6. The molecule has 1 aliphatic heterocycles. The molecule has 0 saturated heterocycles. The normalized spacial score (nSPS) is 23.3. The molecule has 1 heterocycles. The fourth-order valence-corrected chi connectivity index (χ4v) is 4.35. The van der Waals surface area contributed by atoms with Crippen molar-refractivity contribution in [1.29, 1.82) is 0 Å². The molecule has 0 spiro atoms. The van der Waals surface area contributed by atoms with E-state index in [9.17, 15) is 4.79 Å². The Labute approximate surface area is 156 Å². The van der Waals surface area contributed by atoms with Crippen LogP contribution in [0.3, 0.4) is 0 Å². The zero-order valence-corrected chi connectivity index (χ0v) is 16.6. The highest BCUT2D eigenvalue weighted by Crippen LogP contribution is 2.53. The van der Waals surface area contributed by atoms with Gasteiger partial charge in [0.2, 0.25) is 0 Å². The van der Waals surface area contributed by atoms with Gasteiger partial charge in [0.1, 0.15) is 23.7 Å². The third-order valence-corrected chi connectivity index (χ3v) is 5.54. The molecule has 1 aromatic carbocycles. The van der Waals surface area contributed by atoms with Crippen LogP contribution in [0.2, 0.25) is 0 Å². The van der Waals surface area contributed by atoms with Gasteiger partial charge < -0.3 is 14.2 Å². The van der Waals surface area contributed by atoms with Crippen LogP contribution in [-0.2, 0) is 16.0 Å². The zero-order valence-electron chi connectivity index (χ0n) is 16.6. The molecule has 1 aliphatic carbocycles. The lowest BCUT2D eigenvalue weighted by atomic mass is 9.68. The Morgan fingerprint density at radius 2 is 2.12 bits per heavy atom. The molecule has 142 valence electrons. The fourth-order valence-electron chi connectivity index (χ4n) is 4.35. The van der Waals surface area contributed by atoms with Crippen molar-refractivity contribution < 1.29 is 19.0 Å². The van der Waals surface area contributed by atoms with Crippen LogP contribution in [0.4, 0.5) is 0 Å². The van der Waals surface area contributed by atoms with E-state index in [1.807, 2.05) is 6.07 Å². The van der Waals surface area contributed by atoms with E-state index < -0.39 is 0 Å². The van der Waals surface area contributed by atoms with Crippen LogP contribution in [0.25, 0.3) is 0 Å². The molecule has 2 atom stereocenters. The SMILES string of the molecule is CCCc1cc(OC(=O)COC)c2c(c1)OC(C)(C)C1CCC(C)=CC21. The van der Waals surface area contributed by atoms with Crippen molar-refractivity contribution in [2.24, 2.45) is 5.92 Å². The van der Waals surface area contributed by atoms with Crippen LogP contribution < -0.4 is 9.47 Å². The van der Waals surface area contributed by atoms with Gasteiger partial charge in [0.25, 0.3) is 0 Å². The number of esters is 1. The van der Waals surface area contributed by atoms with E-state index in [1.165, 1.54) is 12.7 Å². The summed E-state index contributed by atoms with van der Waals surface area (Å²) in [7, 11) is 1.50. The number of aryl methyl sites for hydroxylation is 1. The average Bonchev–Trinajstić information content (AvgIpc) is 2.54. The van der Waals surface area contributed by atoms with Gasteiger partial charge in [0, 0.05) is 24.5 Å². The van der Waals surface area contributed by atoms with E-state index in [1.54, 1.807) is 0 Å². The van der Waals surface area contributed by atoms with Gasteiger partial charge in [-0.25, -0.2) is 4.79 Å². The van der Waals surface area contributed by atoms with E-state index in [2.05, 4.69) is 39.8 Å². The molecule has 0 bridgehead atoms. The first-order valence-electron chi connectivity index (χ1n) is 9.58. The molecule has 26 heavy (non-hydrogen) atoms. The number of methoxy groups -OCH3 is 1. The maximum Gasteiger partial charge on any atom is 0.337 e. The Balaban J connectivity index is 2.12. The van der Waals surface area contributed by atoms with Crippen molar-refractivity contribution in [2.45, 2.75) is 64.9 Å². The van der Waals surface area contributed by atoms with Crippen LogP contribution in [0.15, 0.2) is 23.8 Å². The number of ether oxygens (including phenoxy) is 3. The second-order valence-corrected chi connectivity index (χ2v) is 8.05. The molecule has 0 aromatic heterocycles. The maximum atomic E-state index is 12.1. The van der Waals surface area contributed by atoms with Gasteiger partial charge in [0.05, 0.1) is 0 Å². The summed E-state index contributed by atoms with van der Waals surface area (Å²) in [5.41, 5.74) is 3.30. The second-order valence-electron chi connectivity index (χ2n) is 8.05. The van der Waals surface area contributed by atoms with Crippen LogP contribution in [-0.4, -0.2) is 25.3 Å². The lowest BCUT2D eigenvalue weighted by Gasteiger charge is -2.46. The molecule has 1 aromatic rings. The Hall–Kier alpha value is -1.81. The summed E-state index contributed by atoms with van der Waals surface area (Å²) in [6.45, 7) is 8.61. The minimum atomic E-state index is -0.374. The number of hydrogen-bond acceptors (Lipinski definition) is 4. The monoisotopic (exact) mass is 358 g/mol. The van der Waals surface area contributed by atoms with Crippen LogP contribution >= 0.6 is 0 Å². The molecule has 0 saturated carbocycles. The third kappa shape index (κ3) is 3.66. The summed E-state index contributed by atoms with van der Waals surface area (Å²) in [6.07, 6.45) is 6.47. The number of rotatable bonds is 5. The van der Waals surface area contributed by atoms with Crippen molar-refractivity contribution in [3.63, 3.8) is 0 Å². The minimum Gasteiger partial charge on any atom is -0.487 e. The largest absolute Gasteiger partial charge is 0.487 e. The highest BCUT2D eigenvalue weighted by Gasteiger charge is 2.45. The van der Waals surface area contributed by atoms with Crippen molar-refractivity contribution >= 4 is 5.97 Å². The van der Waals surface area contributed by atoms with Gasteiger partial charge in [-0.05, 0) is 57.7 Å².